The molecule has 0 bridgehead atoms. The number of hydrogen-bond donors (Lipinski definition) is 0. The van der Waals surface area contributed by atoms with Crippen LogP contribution >= 0.6 is 0 Å². The Hall–Kier alpha value is -6.40. The van der Waals surface area contributed by atoms with Gasteiger partial charge in [0.15, 0.2) is 0 Å². The average Bonchev–Trinajstić information content (AvgIpc) is 3.68. The van der Waals surface area contributed by atoms with E-state index >= 15 is 0 Å². The number of benzene rings is 6. The van der Waals surface area contributed by atoms with E-state index in [1.54, 1.807) is 0 Å². The lowest BCUT2D eigenvalue weighted by Crippen LogP contribution is -2.59. The number of hydrogen-bond acceptors (Lipinski definition) is 3. The van der Waals surface area contributed by atoms with Gasteiger partial charge >= 0.3 is 0 Å². The Labute approximate surface area is 278 Å². The van der Waals surface area contributed by atoms with Crippen LogP contribution in [0.3, 0.4) is 0 Å². The van der Waals surface area contributed by atoms with Crippen LogP contribution in [0.5, 0.6) is 0 Å². The first-order valence-corrected chi connectivity index (χ1v) is 16.3. The van der Waals surface area contributed by atoms with Crippen molar-refractivity contribution in [2.45, 2.75) is 0 Å². The standard InChI is InChI=1S/C42H28BN5/c1-4-17-30(18-5-1)46-36-26-14-11-23-33(36)38-40(46)48(32-21-8-3-9-22-32)41-39(43(38)42-44-28-29-16-10-13-25-35(29)45-42)34-24-12-15-27-37(34)47(41)31-19-6-2-7-20-31/h1-28H. The summed E-state index contributed by atoms with van der Waals surface area (Å²) in [6.07, 6.45) is 1.98. The summed E-state index contributed by atoms with van der Waals surface area (Å²) in [7, 11) is 0. The van der Waals surface area contributed by atoms with E-state index in [2.05, 4.69) is 172 Å². The number of aromatic nitrogens is 4. The molecule has 1 aliphatic rings. The lowest BCUT2D eigenvalue weighted by atomic mass is 9.38. The fourth-order valence-electron chi connectivity index (χ4n) is 7.64. The smallest absolute Gasteiger partial charge is 0.296 e. The summed E-state index contributed by atoms with van der Waals surface area (Å²) in [5.74, 6) is 2.17. The molecular weight excluding hydrogens is 585 g/mol. The van der Waals surface area contributed by atoms with E-state index in [1.807, 2.05) is 12.3 Å². The average molecular weight is 614 g/mol. The largest absolute Gasteiger partial charge is 0.299 e. The topological polar surface area (TPSA) is 38.9 Å². The molecule has 9 aromatic rings. The second-order valence-electron chi connectivity index (χ2n) is 12.2. The first kappa shape index (κ1) is 26.8. The van der Waals surface area contributed by atoms with Crippen LogP contribution in [0.15, 0.2) is 170 Å². The molecule has 5 nitrogen and oxygen atoms in total. The van der Waals surface area contributed by atoms with Gasteiger partial charge in [0, 0.05) is 28.6 Å². The van der Waals surface area contributed by atoms with Gasteiger partial charge < -0.3 is 0 Å². The molecule has 0 spiro atoms. The van der Waals surface area contributed by atoms with Crippen molar-refractivity contribution >= 4 is 73.4 Å². The van der Waals surface area contributed by atoms with Crippen molar-refractivity contribution in [1.82, 2.24) is 19.1 Å². The first-order chi connectivity index (χ1) is 23.9. The normalized spacial score (nSPS) is 12.5. The Morgan fingerprint density at radius 3 is 1.46 bits per heavy atom. The van der Waals surface area contributed by atoms with Crippen molar-refractivity contribution in [3.63, 3.8) is 0 Å². The number of para-hydroxylation sites is 6. The van der Waals surface area contributed by atoms with Crippen LogP contribution in [0.4, 0.5) is 17.3 Å². The van der Waals surface area contributed by atoms with E-state index in [0.717, 1.165) is 56.4 Å². The van der Waals surface area contributed by atoms with Crippen molar-refractivity contribution in [2.24, 2.45) is 0 Å². The van der Waals surface area contributed by atoms with Crippen molar-refractivity contribution in [2.75, 3.05) is 4.90 Å². The summed E-state index contributed by atoms with van der Waals surface area (Å²) in [5, 5.41) is 3.39. The predicted molar refractivity (Wildman–Crippen MR) is 199 cm³/mol. The molecule has 10 rings (SSSR count). The summed E-state index contributed by atoms with van der Waals surface area (Å²) in [6.45, 7) is -0.246. The molecular formula is C42H28BN5. The Bertz CT molecular complexity index is 2500. The van der Waals surface area contributed by atoms with Crippen molar-refractivity contribution in [3.8, 4) is 11.4 Å². The highest BCUT2D eigenvalue weighted by Gasteiger charge is 2.45. The zero-order valence-electron chi connectivity index (χ0n) is 26.0. The third kappa shape index (κ3) is 3.86. The fourth-order valence-corrected chi connectivity index (χ4v) is 7.64. The van der Waals surface area contributed by atoms with Gasteiger partial charge in [-0.15, -0.1) is 0 Å². The molecule has 0 atom stereocenters. The van der Waals surface area contributed by atoms with Crippen molar-refractivity contribution < 1.29 is 0 Å². The summed E-state index contributed by atoms with van der Waals surface area (Å²) in [4.78, 5) is 12.9. The van der Waals surface area contributed by atoms with E-state index in [1.165, 1.54) is 21.7 Å². The van der Waals surface area contributed by atoms with Gasteiger partial charge in [0.25, 0.3) is 6.71 Å². The quantitative estimate of drug-likeness (QED) is 0.190. The second kappa shape index (κ2) is 10.6. The molecule has 3 aromatic heterocycles. The molecule has 0 N–H and O–H groups in total. The molecule has 48 heavy (non-hydrogen) atoms. The molecule has 0 fully saturated rings. The molecule has 4 heterocycles. The molecule has 0 aliphatic carbocycles. The van der Waals surface area contributed by atoms with Crippen LogP contribution in [-0.2, 0) is 0 Å². The zero-order valence-corrected chi connectivity index (χ0v) is 26.0. The molecule has 0 radical (unpaired) electrons. The van der Waals surface area contributed by atoms with Crippen LogP contribution in [0.25, 0.3) is 44.1 Å². The Morgan fingerprint density at radius 1 is 0.438 bits per heavy atom. The highest BCUT2D eigenvalue weighted by atomic mass is 15.3. The minimum Gasteiger partial charge on any atom is -0.296 e. The summed E-state index contributed by atoms with van der Waals surface area (Å²) in [6, 6.07) is 57.9. The van der Waals surface area contributed by atoms with E-state index in [4.69, 9.17) is 9.97 Å². The first-order valence-electron chi connectivity index (χ1n) is 16.3. The van der Waals surface area contributed by atoms with Crippen LogP contribution in [0.2, 0.25) is 0 Å². The highest BCUT2D eigenvalue weighted by molar-refractivity contribution is 7.00. The zero-order chi connectivity index (χ0) is 31.6. The van der Waals surface area contributed by atoms with Gasteiger partial charge in [-0.3, -0.25) is 19.0 Å². The Balaban J connectivity index is 1.44. The maximum Gasteiger partial charge on any atom is 0.299 e. The number of anilines is 3. The van der Waals surface area contributed by atoms with Gasteiger partial charge in [-0.1, -0.05) is 109 Å². The molecule has 0 amide bonds. The van der Waals surface area contributed by atoms with E-state index in [-0.39, 0.29) is 6.71 Å². The Morgan fingerprint density at radius 2 is 0.896 bits per heavy atom. The van der Waals surface area contributed by atoms with Crippen LogP contribution in [0, 0.1) is 0 Å². The van der Waals surface area contributed by atoms with Crippen LogP contribution < -0.4 is 21.5 Å². The molecule has 0 unspecified atom stereocenters. The van der Waals surface area contributed by atoms with E-state index in [9.17, 15) is 0 Å². The summed E-state index contributed by atoms with van der Waals surface area (Å²) in [5.41, 5.74) is 9.67. The van der Waals surface area contributed by atoms with Crippen molar-refractivity contribution in [1.29, 1.82) is 0 Å². The molecule has 6 heteroatoms. The van der Waals surface area contributed by atoms with Gasteiger partial charge in [0.1, 0.15) is 11.6 Å². The van der Waals surface area contributed by atoms with Gasteiger partial charge in [-0.2, -0.15) is 0 Å². The fraction of sp³-hybridized carbons (Fsp3) is 0. The number of rotatable bonds is 4. The lowest BCUT2D eigenvalue weighted by Gasteiger charge is -2.35. The molecule has 6 aromatic carbocycles. The van der Waals surface area contributed by atoms with Gasteiger partial charge in [0.2, 0.25) is 0 Å². The van der Waals surface area contributed by atoms with E-state index in [0.29, 0.717) is 0 Å². The third-order valence-corrected chi connectivity index (χ3v) is 9.59. The van der Waals surface area contributed by atoms with Crippen molar-refractivity contribution in [3.05, 3.63) is 170 Å². The number of fused-ring (bicyclic) bond motifs is 7. The lowest BCUT2D eigenvalue weighted by molar-refractivity contribution is 1.02. The third-order valence-electron chi connectivity index (χ3n) is 9.59. The predicted octanol–water partition coefficient (Wildman–Crippen LogP) is 7.82. The molecule has 1 aliphatic heterocycles. The molecule has 0 saturated carbocycles. The summed E-state index contributed by atoms with van der Waals surface area (Å²) < 4.78 is 4.84. The number of nitrogens with zero attached hydrogens (tertiary/aromatic N) is 5. The molecule has 224 valence electrons. The van der Waals surface area contributed by atoms with Gasteiger partial charge in [0.05, 0.1) is 22.3 Å². The van der Waals surface area contributed by atoms with E-state index < -0.39 is 0 Å². The minimum atomic E-state index is -0.246. The van der Waals surface area contributed by atoms with Crippen LogP contribution in [0.1, 0.15) is 0 Å². The van der Waals surface area contributed by atoms with Crippen LogP contribution in [-0.4, -0.2) is 25.8 Å². The molecule has 0 saturated heterocycles. The maximum atomic E-state index is 5.32. The maximum absolute atomic E-state index is 5.32. The van der Waals surface area contributed by atoms with Gasteiger partial charge in [-0.25, -0.2) is 4.98 Å². The minimum absolute atomic E-state index is 0.246. The second-order valence-corrected chi connectivity index (χ2v) is 12.2. The monoisotopic (exact) mass is 613 g/mol. The summed E-state index contributed by atoms with van der Waals surface area (Å²) >= 11 is 0. The highest BCUT2D eigenvalue weighted by Crippen LogP contribution is 2.44. The van der Waals surface area contributed by atoms with Gasteiger partial charge in [-0.05, 0) is 76.3 Å². The SMILES string of the molecule is c1ccc(N2c3c(c4ccccc4n3-c3ccccc3)B(c3ncc4ccccc4n3)c3c2n(-c2ccccc2)c2ccccc32)cc1. The Kier molecular flexibility index (Phi) is 5.90.